The minimum absolute atomic E-state index is 0.191. The molecule has 26 heavy (non-hydrogen) atoms. The molecule has 1 amide bonds. The van der Waals surface area contributed by atoms with E-state index in [1.807, 2.05) is 47.2 Å². The highest BCUT2D eigenvalue weighted by Gasteiger charge is 2.15. The molecular formula is C20H16ClN3OS. The normalized spacial score (nSPS) is 11.0. The van der Waals surface area contributed by atoms with Gasteiger partial charge >= 0.3 is 0 Å². The number of imidazole rings is 1. The highest BCUT2D eigenvalue weighted by atomic mass is 35.5. The Balaban J connectivity index is 1.64. The standard InChI is InChI=1S/C20H16ClN3OS/c1-12-3-6-14(7-4-12)17-10-24-18(11-26-20(24)23-17)19(25)22-15-8-5-13(2)16(21)9-15/h3-11H,1-2H3,(H,22,25). The number of carbonyl (C=O) groups is 1. The maximum absolute atomic E-state index is 12.7. The van der Waals surface area contributed by atoms with Gasteiger partial charge in [0.25, 0.3) is 5.91 Å². The molecule has 0 atom stereocenters. The molecule has 0 bridgehead atoms. The Kier molecular flexibility index (Phi) is 4.26. The van der Waals surface area contributed by atoms with Gasteiger partial charge in [0.15, 0.2) is 4.96 Å². The minimum Gasteiger partial charge on any atom is -0.321 e. The van der Waals surface area contributed by atoms with Crippen LogP contribution in [0.25, 0.3) is 16.2 Å². The van der Waals surface area contributed by atoms with Gasteiger partial charge in [-0.3, -0.25) is 9.20 Å². The predicted molar refractivity (Wildman–Crippen MR) is 107 cm³/mol. The summed E-state index contributed by atoms with van der Waals surface area (Å²) < 4.78 is 1.82. The zero-order chi connectivity index (χ0) is 18.3. The van der Waals surface area contributed by atoms with Crippen molar-refractivity contribution in [3.63, 3.8) is 0 Å². The third-order valence-electron chi connectivity index (χ3n) is 4.22. The Morgan fingerprint density at radius 2 is 1.92 bits per heavy atom. The van der Waals surface area contributed by atoms with Crippen LogP contribution in [0, 0.1) is 13.8 Å². The number of aromatic nitrogens is 2. The van der Waals surface area contributed by atoms with Crippen LogP contribution in [0.4, 0.5) is 5.69 Å². The summed E-state index contributed by atoms with van der Waals surface area (Å²) in [4.78, 5) is 18.1. The van der Waals surface area contributed by atoms with Crippen molar-refractivity contribution in [3.8, 4) is 11.3 Å². The SMILES string of the molecule is Cc1ccc(-c2cn3c(C(=O)Nc4ccc(C)c(Cl)c4)csc3n2)cc1. The Labute approximate surface area is 160 Å². The maximum atomic E-state index is 12.7. The summed E-state index contributed by atoms with van der Waals surface area (Å²) in [6.07, 6.45) is 1.90. The van der Waals surface area contributed by atoms with Gasteiger partial charge in [-0.15, -0.1) is 11.3 Å². The highest BCUT2D eigenvalue weighted by Crippen LogP contribution is 2.25. The van der Waals surface area contributed by atoms with E-state index in [1.54, 1.807) is 6.07 Å². The summed E-state index contributed by atoms with van der Waals surface area (Å²) in [5, 5.41) is 5.33. The van der Waals surface area contributed by atoms with Crippen LogP contribution in [-0.2, 0) is 0 Å². The second-order valence-corrected chi connectivity index (χ2v) is 7.43. The van der Waals surface area contributed by atoms with Crippen LogP contribution in [0.3, 0.4) is 0 Å². The fourth-order valence-electron chi connectivity index (χ4n) is 2.68. The monoisotopic (exact) mass is 381 g/mol. The van der Waals surface area contributed by atoms with E-state index in [0.717, 1.165) is 21.8 Å². The number of rotatable bonds is 3. The van der Waals surface area contributed by atoms with Crippen molar-refractivity contribution in [1.82, 2.24) is 9.38 Å². The Morgan fingerprint density at radius 1 is 1.15 bits per heavy atom. The van der Waals surface area contributed by atoms with Crippen LogP contribution in [0.5, 0.6) is 0 Å². The van der Waals surface area contributed by atoms with Gasteiger partial charge in [0.2, 0.25) is 0 Å². The summed E-state index contributed by atoms with van der Waals surface area (Å²) in [7, 11) is 0. The van der Waals surface area contributed by atoms with Gasteiger partial charge in [-0.1, -0.05) is 47.5 Å². The van der Waals surface area contributed by atoms with Crippen molar-refractivity contribution in [2.24, 2.45) is 0 Å². The van der Waals surface area contributed by atoms with Crippen molar-refractivity contribution in [3.05, 3.63) is 75.9 Å². The van der Waals surface area contributed by atoms with E-state index in [-0.39, 0.29) is 5.91 Å². The second kappa shape index (κ2) is 6.59. The zero-order valence-electron chi connectivity index (χ0n) is 14.3. The van der Waals surface area contributed by atoms with Gasteiger partial charge in [0.05, 0.1) is 5.69 Å². The Bertz CT molecular complexity index is 1110. The van der Waals surface area contributed by atoms with E-state index in [1.165, 1.54) is 16.9 Å². The molecule has 4 aromatic rings. The third-order valence-corrected chi connectivity index (χ3v) is 5.47. The van der Waals surface area contributed by atoms with Gasteiger partial charge in [0.1, 0.15) is 5.69 Å². The zero-order valence-corrected chi connectivity index (χ0v) is 15.9. The molecule has 0 aliphatic heterocycles. The largest absolute Gasteiger partial charge is 0.321 e. The van der Waals surface area contributed by atoms with Gasteiger partial charge in [-0.2, -0.15) is 0 Å². The maximum Gasteiger partial charge on any atom is 0.273 e. The molecule has 4 nitrogen and oxygen atoms in total. The molecular weight excluding hydrogens is 366 g/mol. The molecule has 0 radical (unpaired) electrons. The van der Waals surface area contributed by atoms with E-state index in [9.17, 15) is 4.79 Å². The number of fused-ring (bicyclic) bond motifs is 1. The number of aryl methyl sites for hydroxylation is 2. The number of nitrogens with one attached hydrogen (secondary N) is 1. The average Bonchev–Trinajstić information content (AvgIpc) is 3.19. The van der Waals surface area contributed by atoms with Gasteiger partial charge in [-0.05, 0) is 31.5 Å². The average molecular weight is 382 g/mol. The Hall–Kier alpha value is -2.63. The van der Waals surface area contributed by atoms with Crippen LogP contribution in [0.1, 0.15) is 21.6 Å². The lowest BCUT2D eigenvalue weighted by atomic mass is 10.1. The van der Waals surface area contributed by atoms with Gasteiger partial charge < -0.3 is 5.32 Å². The highest BCUT2D eigenvalue weighted by molar-refractivity contribution is 7.15. The fraction of sp³-hybridized carbons (Fsp3) is 0.100. The summed E-state index contributed by atoms with van der Waals surface area (Å²) in [5.41, 5.74) is 5.27. The summed E-state index contributed by atoms with van der Waals surface area (Å²) in [6.45, 7) is 3.98. The van der Waals surface area contributed by atoms with Gasteiger partial charge in [0, 0.05) is 27.9 Å². The van der Waals surface area contributed by atoms with Crippen LogP contribution < -0.4 is 5.32 Å². The molecule has 130 valence electrons. The van der Waals surface area contributed by atoms with Crippen molar-refractivity contribution >= 4 is 39.5 Å². The topological polar surface area (TPSA) is 46.4 Å². The molecule has 0 spiro atoms. The quantitative estimate of drug-likeness (QED) is 0.503. The number of hydrogen-bond donors (Lipinski definition) is 1. The number of amides is 1. The number of halogens is 1. The molecule has 1 N–H and O–H groups in total. The van der Waals surface area contributed by atoms with Crippen molar-refractivity contribution in [2.45, 2.75) is 13.8 Å². The first-order chi connectivity index (χ1) is 12.5. The fourth-order valence-corrected chi connectivity index (χ4v) is 3.71. The molecule has 0 aliphatic carbocycles. The third kappa shape index (κ3) is 3.11. The van der Waals surface area contributed by atoms with E-state index in [4.69, 9.17) is 11.6 Å². The summed E-state index contributed by atoms with van der Waals surface area (Å²) in [5.74, 6) is -0.191. The molecule has 0 saturated heterocycles. The number of thiazole rings is 1. The molecule has 0 fully saturated rings. The van der Waals surface area contributed by atoms with E-state index < -0.39 is 0 Å². The van der Waals surface area contributed by atoms with Gasteiger partial charge in [-0.25, -0.2) is 4.98 Å². The molecule has 0 unspecified atom stereocenters. The lowest BCUT2D eigenvalue weighted by Gasteiger charge is -2.06. The molecule has 6 heteroatoms. The Morgan fingerprint density at radius 3 is 2.65 bits per heavy atom. The van der Waals surface area contributed by atoms with E-state index in [2.05, 4.69) is 29.4 Å². The van der Waals surface area contributed by atoms with Crippen molar-refractivity contribution < 1.29 is 4.79 Å². The summed E-state index contributed by atoms with van der Waals surface area (Å²) >= 11 is 7.58. The number of carbonyl (C=O) groups excluding carboxylic acids is 1. The molecule has 4 rings (SSSR count). The van der Waals surface area contributed by atoms with Crippen molar-refractivity contribution in [2.75, 3.05) is 5.32 Å². The van der Waals surface area contributed by atoms with E-state index in [0.29, 0.717) is 16.4 Å². The molecule has 0 aliphatic rings. The first kappa shape index (κ1) is 16.8. The van der Waals surface area contributed by atoms with Crippen LogP contribution in [-0.4, -0.2) is 15.3 Å². The minimum atomic E-state index is -0.191. The summed E-state index contributed by atoms with van der Waals surface area (Å²) in [6, 6.07) is 13.7. The predicted octanol–water partition coefficient (Wildman–Crippen LogP) is 5.59. The molecule has 2 heterocycles. The lowest BCUT2D eigenvalue weighted by molar-refractivity contribution is 0.102. The number of anilines is 1. The second-order valence-electron chi connectivity index (χ2n) is 6.18. The first-order valence-corrected chi connectivity index (χ1v) is 9.38. The number of hydrogen-bond acceptors (Lipinski definition) is 3. The number of nitrogens with zero attached hydrogens (tertiary/aromatic N) is 2. The van der Waals surface area contributed by atoms with E-state index >= 15 is 0 Å². The molecule has 0 saturated carbocycles. The number of benzene rings is 2. The van der Waals surface area contributed by atoms with Crippen LogP contribution >= 0.6 is 22.9 Å². The first-order valence-electron chi connectivity index (χ1n) is 8.12. The van der Waals surface area contributed by atoms with Crippen LogP contribution in [0.2, 0.25) is 5.02 Å². The smallest absolute Gasteiger partial charge is 0.273 e. The molecule has 2 aromatic heterocycles. The van der Waals surface area contributed by atoms with Crippen molar-refractivity contribution in [1.29, 1.82) is 0 Å². The molecule has 2 aromatic carbocycles. The van der Waals surface area contributed by atoms with Crippen LogP contribution in [0.15, 0.2) is 54.0 Å². The lowest BCUT2D eigenvalue weighted by Crippen LogP contribution is -2.13.